The number of hydrogen-bond donors (Lipinski definition) is 9. The molecule has 0 spiro atoms. The number of aliphatic carboxylic acids is 1. The van der Waals surface area contributed by atoms with Crippen LogP contribution in [0.4, 0.5) is 0 Å². The van der Waals surface area contributed by atoms with Gasteiger partial charge in [0.05, 0.1) is 6.10 Å². The molecule has 0 fully saturated rings. The summed E-state index contributed by atoms with van der Waals surface area (Å²) >= 11 is 4.07. The SMILES string of the molecule is CC(C)CC(NC(=O)C(N)C(C)O)C(=O)NC(CS)C(=O)NC(CCCN=C(N)N)C(=O)O. The quantitative estimate of drug-likeness (QED) is 0.0499. The molecule has 3 amide bonds. The third kappa shape index (κ3) is 12.3. The van der Waals surface area contributed by atoms with Gasteiger partial charge in [-0.25, -0.2) is 4.79 Å². The Hall–Kier alpha value is -2.58. The summed E-state index contributed by atoms with van der Waals surface area (Å²) in [6.07, 6.45) is -0.510. The molecule has 33 heavy (non-hydrogen) atoms. The number of nitrogens with zero attached hydrogens (tertiary/aromatic N) is 1. The van der Waals surface area contributed by atoms with Crippen molar-refractivity contribution in [3.05, 3.63) is 0 Å². The maximum Gasteiger partial charge on any atom is 0.326 e. The Balaban J connectivity index is 5.19. The standard InChI is InChI=1S/C19H37N7O6S/c1-9(2)7-12(25-17(30)14(20)10(3)27)15(28)26-13(8-33)16(29)24-11(18(31)32)5-4-6-23-19(21)22/h9-14,27,33H,4-8,20H2,1-3H3,(H,24,29)(H,25,30)(H,26,28)(H,31,32)(H4,21,22,23). The number of carbonyl (C=O) groups is 4. The van der Waals surface area contributed by atoms with Crippen molar-refractivity contribution in [2.75, 3.05) is 12.3 Å². The van der Waals surface area contributed by atoms with Crippen LogP contribution in [0.2, 0.25) is 0 Å². The Kier molecular flexibility index (Phi) is 14.1. The van der Waals surface area contributed by atoms with Crippen molar-refractivity contribution in [3.8, 4) is 0 Å². The number of amides is 3. The molecule has 0 aliphatic rings. The summed E-state index contributed by atoms with van der Waals surface area (Å²) in [4.78, 5) is 52.8. The Morgan fingerprint density at radius 3 is 1.91 bits per heavy atom. The van der Waals surface area contributed by atoms with Gasteiger partial charge in [0, 0.05) is 12.3 Å². The molecule has 0 aromatic rings. The summed E-state index contributed by atoms with van der Waals surface area (Å²) in [5.74, 6) is -3.62. The fraction of sp³-hybridized carbons (Fsp3) is 0.737. The number of hydrogen-bond acceptors (Lipinski definition) is 8. The lowest BCUT2D eigenvalue weighted by Gasteiger charge is -2.25. The molecule has 0 aliphatic carbocycles. The molecule has 0 aromatic carbocycles. The summed E-state index contributed by atoms with van der Waals surface area (Å²) in [5, 5.41) is 26.2. The van der Waals surface area contributed by atoms with Crippen LogP contribution in [-0.2, 0) is 19.2 Å². The van der Waals surface area contributed by atoms with Crippen molar-refractivity contribution < 1.29 is 29.4 Å². The number of thiol groups is 1. The molecule has 5 unspecified atom stereocenters. The van der Waals surface area contributed by atoms with Gasteiger partial charge < -0.3 is 43.4 Å². The highest BCUT2D eigenvalue weighted by molar-refractivity contribution is 7.80. The van der Waals surface area contributed by atoms with Crippen molar-refractivity contribution in [1.29, 1.82) is 0 Å². The van der Waals surface area contributed by atoms with Gasteiger partial charge in [-0.2, -0.15) is 12.6 Å². The van der Waals surface area contributed by atoms with Gasteiger partial charge in [0.25, 0.3) is 0 Å². The maximum absolute atomic E-state index is 12.8. The molecule has 0 rings (SSSR count). The van der Waals surface area contributed by atoms with E-state index in [0.717, 1.165) is 0 Å². The summed E-state index contributed by atoms with van der Waals surface area (Å²) in [6, 6.07) is -4.63. The fourth-order valence-corrected chi connectivity index (χ4v) is 2.95. The van der Waals surface area contributed by atoms with Gasteiger partial charge in [-0.1, -0.05) is 13.8 Å². The number of nitrogens with one attached hydrogen (secondary N) is 3. The van der Waals surface area contributed by atoms with Crippen LogP contribution in [0.25, 0.3) is 0 Å². The summed E-state index contributed by atoms with van der Waals surface area (Å²) in [6.45, 7) is 5.21. The molecule has 0 aromatic heterocycles. The van der Waals surface area contributed by atoms with Gasteiger partial charge in [0.1, 0.15) is 24.2 Å². The molecule has 0 heterocycles. The average molecular weight is 492 g/mol. The number of aliphatic imine (C=N–C) groups is 1. The Morgan fingerprint density at radius 1 is 0.939 bits per heavy atom. The van der Waals surface area contributed by atoms with Crippen molar-refractivity contribution >= 4 is 42.3 Å². The van der Waals surface area contributed by atoms with Gasteiger partial charge in [0.2, 0.25) is 17.7 Å². The molecular weight excluding hydrogens is 454 g/mol. The number of carbonyl (C=O) groups excluding carboxylic acids is 3. The third-order valence-corrected chi connectivity index (χ3v) is 4.90. The Morgan fingerprint density at radius 2 is 1.45 bits per heavy atom. The predicted octanol–water partition coefficient (Wildman–Crippen LogP) is -2.74. The number of aliphatic hydroxyl groups excluding tert-OH is 1. The molecule has 14 heteroatoms. The number of nitrogens with two attached hydrogens (primary N) is 3. The first-order valence-corrected chi connectivity index (χ1v) is 11.2. The minimum Gasteiger partial charge on any atom is -0.480 e. The zero-order valence-corrected chi connectivity index (χ0v) is 20.0. The molecular formula is C19H37N7O6S. The lowest BCUT2D eigenvalue weighted by molar-refractivity contribution is -0.142. The van der Waals surface area contributed by atoms with Crippen molar-refractivity contribution in [1.82, 2.24) is 16.0 Å². The highest BCUT2D eigenvalue weighted by Gasteiger charge is 2.30. The lowest BCUT2D eigenvalue weighted by atomic mass is 10.0. The van der Waals surface area contributed by atoms with E-state index < -0.39 is 54.0 Å². The van der Waals surface area contributed by atoms with E-state index in [9.17, 15) is 29.4 Å². The number of carboxylic acid groups (broad SMARTS) is 1. The first-order valence-electron chi connectivity index (χ1n) is 10.5. The van der Waals surface area contributed by atoms with Crippen LogP contribution in [0.5, 0.6) is 0 Å². The summed E-state index contributed by atoms with van der Waals surface area (Å²) in [7, 11) is 0. The van der Waals surface area contributed by atoms with E-state index in [2.05, 4.69) is 33.6 Å². The molecule has 13 nitrogen and oxygen atoms in total. The first kappa shape index (κ1) is 30.4. The largest absolute Gasteiger partial charge is 0.480 e. The van der Waals surface area contributed by atoms with E-state index in [-0.39, 0.29) is 37.0 Å². The number of aliphatic hydroxyl groups is 1. The van der Waals surface area contributed by atoms with Crippen LogP contribution in [0, 0.1) is 5.92 Å². The second kappa shape index (κ2) is 15.3. The number of guanidine groups is 1. The van der Waals surface area contributed by atoms with Crippen LogP contribution in [0.1, 0.15) is 40.0 Å². The van der Waals surface area contributed by atoms with E-state index >= 15 is 0 Å². The molecule has 0 saturated carbocycles. The van der Waals surface area contributed by atoms with Crippen LogP contribution in [0.3, 0.4) is 0 Å². The topological polar surface area (TPSA) is 235 Å². The predicted molar refractivity (Wildman–Crippen MR) is 126 cm³/mol. The minimum atomic E-state index is -1.26. The second-order valence-electron chi connectivity index (χ2n) is 8.05. The smallest absolute Gasteiger partial charge is 0.326 e. The highest BCUT2D eigenvalue weighted by atomic mass is 32.1. The van der Waals surface area contributed by atoms with Gasteiger partial charge in [-0.05, 0) is 32.1 Å². The van der Waals surface area contributed by atoms with E-state index in [1.807, 2.05) is 13.8 Å². The van der Waals surface area contributed by atoms with Crippen LogP contribution in [-0.4, -0.2) is 82.4 Å². The van der Waals surface area contributed by atoms with Gasteiger partial charge >= 0.3 is 5.97 Å². The average Bonchev–Trinajstić information content (AvgIpc) is 2.71. The van der Waals surface area contributed by atoms with E-state index in [1.54, 1.807) is 0 Å². The van der Waals surface area contributed by atoms with Crippen molar-refractivity contribution in [2.24, 2.45) is 28.1 Å². The van der Waals surface area contributed by atoms with E-state index in [0.29, 0.717) is 6.42 Å². The Bertz CT molecular complexity index is 700. The maximum atomic E-state index is 12.8. The van der Waals surface area contributed by atoms with Gasteiger partial charge in [0.15, 0.2) is 5.96 Å². The van der Waals surface area contributed by atoms with Crippen molar-refractivity contribution in [2.45, 2.75) is 70.3 Å². The molecule has 0 saturated heterocycles. The van der Waals surface area contributed by atoms with Crippen molar-refractivity contribution in [3.63, 3.8) is 0 Å². The molecule has 11 N–H and O–H groups in total. The second-order valence-corrected chi connectivity index (χ2v) is 8.41. The monoisotopic (exact) mass is 491 g/mol. The summed E-state index contributed by atoms with van der Waals surface area (Å²) in [5.41, 5.74) is 16.1. The third-order valence-electron chi connectivity index (χ3n) is 4.54. The van der Waals surface area contributed by atoms with E-state index in [1.165, 1.54) is 6.92 Å². The molecule has 5 atom stereocenters. The summed E-state index contributed by atoms with van der Waals surface area (Å²) < 4.78 is 0. The van der Waals surface area contributed by atoms with Crippen LogP contribution >= 0.6 is 12.6 Å². The van der Waals surface area contributed by atoms with Crippen LogP contribution in [0.15, 0.2) is 4.99 Å². The number of rotatable bonds is 15. The zero-order valence-electron chi connectivity index (χ0n) is 19.2. The molecule has 190 valence electrons. The highest BCUT2D eigenvalue weighted by Crippen LogP contribution is 2.07. The fourth-order valence-electron chi connectivity index (χ4n) is 2.69. The van der Waals surface area contributed by atoms with Crippen LogP contribution < -0.4 is 33.2 Å². The molecule has 0 radical (unpaired) electrons. The van der Waals surface area contributed by atoms with Gasteiger partial charge in [-0.3, -0.25) is 19.4 Å². The molecule has 0 aliphatic heterocycles. The van der Waals surface area contributed by atoms with E-state index in [4.69, 9.17) is 17.2 Å². The first-order chi connectivity index (χ1) is 15.3. The lowest BCUT2D eigenvalue weighted by Crippen LogP contribution is -2.58. The normalized spacial score (nSPS) is 15.5. The minimum absolute atomic E-state index is 0.00806. The zero-order chi connectivity index (χ0) is 25.7. The Labute approximate surface area is 198 Å². The molecule has 0 bridgehead atoms. The van der Waals surface area contributed by atoms with Gasteiger partial charge in [-0.15, -0.1) is 0 Å². The number of carboxylic acids is 1.